The third-order valence-electron chi connectivity index (χ3n) is 2.62. The van der Waals surface area contributed by atoms with Crippen LogP contribution in [0.4, 0.5) is 0 Å². The van der Waals surface area contributed by atoms with Crippen LogP contribution in [0.1, 0.15) is 46.0 Å². The first-order valence-corrected chi connectivity index (χ1v) is 7.92. The summed E-state index contributed by atoms with van der Waals surface area (Å²) in [5, 5.41) is 0. The zero-order valence-electron chi connectivity index (χ0n) is 10.7. The van der Waals surface area contributed by atoms with Crippen LogP contribution in [0.2, 0.25) is 6.04 Å². The molecule has 0 bridgehead atoms. The predicted octanol–water partition coefficient (Wildman–Crippen LogP) is 3.23. The fraction of sp³-hybridized carbons (Fsp3) is 1.00. The van der Waals surface area contributed by atoms with Gasteiger partial charge in [-0.1, -0.05) is 39.5 Å². The van der Waals surface area contributed by atoms with Gasteiger partial charge >= 0.3 is 8.80 Å². The van der Waals surface area contributed by atoms with Crippen LogP contribution in [0, 0.1) is 0 Å². The Kier molecular flexibility index (Phi) is 9.39. The molecule has 0 amide bonds. The van der Waals surface area contributed by atoms with Crippen LogP contribution in [0.3, 0.4) is 0 Å². The third-order valence-corrected chi connectivity index (χ3v) is 5.38. The van der Waals surface area contributed by atoms with E-state index in [4.69, 9.17) is 13.3 Å². The Labute approximate surface area is 95.5 Å². The Morgan fingerprint density at radius 2 is 1.47 bits per heavy atom. The summed E-state index contributed by atoms with van der Waals surface area (Å²) in [6, 6.07) is 0.842. The monoisotopic (exact) mass is 234 g/mol. The first kappa shape index (κ1) is 15.1. The summed E-state index contributed by atoms with van der Waals surface area (Å²) in [5.74, 6) is 0. The molecule has 0 radical (unpaired) electrons. The van der Waals surface area contributed by atoms with Crippen LogP contribution < -0.4 is 0 Å². The second kappa shape index (κ2) is 9.33. The van der Waals surface area contributed by atoms with E-state index in [1.165, 1.54) is 25.7 Å². The van der Waals surface area contributed by atoms with Crippen LogP contribution in [0.25, 0.3) is 0 Å². The zero-order chi connectivity index (χ0) is 11.6. The molecular formula is C11H26O3Si. The van der Waals surface area contributed by atoms with E-state index in [1.54, 1.807) is 14.2 Å². The van der Waals surface area contributed by atoms with Crippen LogP contribution in [0.15, 0.2) is 0 Å². The summed E-state index contributed by atoms with van der Waals surface area (Å²) in [4.78, 5) is 0. The first-order valence-electron chi connectivity index (χ1n) is 5.99. The van der Waals surface area contributed by atoms with Crippen LogP contribution in [0.5, 0.6) is 0 Å². The zero-order valence-corrected chi connectivity index (χ0v) is 11.7. The maximum atomic E-state index is 5.75. The van der Waals surface area contributed by atoms with Crippen molar-refractivity contribution >= 4 is 8.80 Å². The lowest BCUT2D eigenvalue weighted by atomic mass is 10.2. The lowest BCUT2D eigenvalue weighted by Gasteiger charge is -2.24. The summed E-state index contributed by atoms with van der Waals surface area (Å²) in [7, 11) is 1.07. The van der Waals surface area contributed by atoms with E-state index in [1.807, 2.05) is 0 Å². The van der Waals surface area contributed by atoms with Crippen LogP contribution in [-0.2, 0) is 13.3 Å². The molecule has 15 heavy (non-hydrogen) atoms. The second-order valence-electron chi connectivity index (χ2n) is 3.71. The molecule has 0 spiro atoms. The molecule has 0 heterocycles. The Morgan fingerprint density at radius 3 is 1.93 bits per heavy atom. The second-order valence-corrected chi connectivity index (χ2v) is 6.89. The van der Waals surface area contributed by atoms with Gasteiger partial charge in [0, 0.05) is 26.9 Å². The van der Waals surface area contributed by atoms with Crippen molar-refractivity contribution in [2.24, 2.45) is 0 Å². The molecule has 4 heteroatoms. The molecule has 0 unspecified atom stereocenters. The van der Waals surface area contributed by atoms with E-state index in [-0.39, 0.29) is 0 Å². The third kappa shape index (κ3) is 6.30. The van der Waals surface area contributed by atoms with Crippen molar-refractivity contribution in [3.63, 3.8) is 0 Å². The van der Waals surface area contributed by atoms with E-state index in [0.717, 1.165) is 19.1 Å². The quantitative estimate of drug-likeness (QED) is 0.429. The highest BCUT2D eigenvalue weighted by molar-refractivity contribution is 6.60. The smallest absolute Gasteiger partial charge is 0.377 e. The minimum atomic E-state index is -2.29. The van der Waals surface area contributed by atoms with Crippen molar-refractivity contribution in [2.45, 2.75) is 52.0 Å². The highest BCUT2D eigenvalue weighted by atomic mass is 28.4. The Hall–Kier alpha value is 0.0969. The molecule has 0 rings (SSSR count). The number of rotatable bonds is 10. The van der Waals surface area contributed by atoms with Crippen LogP contribution in [-0.4, -0.2) is 29.6 Å². The van der Waals surface area contributed by atoms with Crippen molar-refractivity contribution in [1.82, 2.24) is 0 Å². The van der Waals surface area contributed by atoms with Gasteiger partial charge in [0.2, 0.25) is 0 Å². The molecule has 3 nitrogen and oxygen atoms in total. The van der Waals surface area contributed by atoms with Gasteiger partial charge in [-0.3, -0.25) is 0 Å². The summed E-state index contributed by atoms with van der Waals surface area (Å²) >= 11 is 0. The van der Waals surface area contributed by atoms with Crippen molar-refractivity contribution in [1.29, 1.82) is 0 Å². The van der Waals surface area contributed by atoms with Gasteiger partial charge in [0.1, 0.15) is 0 Å². The minimum Gasteiger partial charge on any atom is -0.377 e. The van der Waals surface area contributed by atoms with Gasteiger partial charge in [-0.2, -0.15) is 0 Å². The topological polar surface area (TPSA) is 27.7 Å². The molecule has 0 saturated heterocycles. The first-order chi connectivity index (χ1) is 7.24. The van der Waals surface area contributed by atoms with Gasteiger partial charge in [0.25, 0.3) is 0 Å². The number of hydrogen-bond donors (Lipinski definition) is 0. The molecule has 0 aromatic heterocycles. The average molecular weight is 234 g/mol. The summed E-state index contributed by atoms with van der Waals surface area (Å²) < 4.78 is 16.5. The largest absolute Gasteiger partial charge is 0.500 e. The SMILES string of the molecule is CCCCCCCO[Si](CC)(OC)OC. The van der Waals surface area contributed by atoms with Gasteiger partial charge in [-0.05, 0) is 6.42 Å². The molecule has 0 aliphatic rings. The molecule has 0 aromatic carbocycles. The standard InChI is InChI=1S/C11H26O3Si/c1-5-7-8-9-10-11-14-15(6-2,12-3)13-4/h5-11H2,1-4H3. The molecular weight excluding hydrogens is 208 g/mol. The molecule has 92 valence electrons. The summed E-state index contributed by atoms with van der Waals surface area (Å²) in [6.45, 7) is 5.04. The normalized spacial score (nSPS) is 12.0. The van der Waals surface area contributed by atoms with Gasteiger partial charge in [0.05, 0.1) is 0 Å². The van der Waals surface area contributed by atoms with Crippen LogP contribution >= 0.6 is 0 Å². The molecule has 0 aromatic rings. The Balaban J connectivity index is 3.54. The van der Waals surface area contributed by atoms with Crippen molar-refractivity contribution < 1.29 is 13.3 Å². The van der Waals surface area contributed by atoms with E-state index in [9.17, 15) is 0 Å². The lowest BCUT2D eigenvalue weighted by molar-refractivity contribution is 0.0976. The summed E-state index contributed by atoms with van der Waals surface area (Å²) in [5.41, 5.74) is 0. The van der Waals surface area contributed by atoms with Crippen molar-refractivity contribution in [2.75, 3.05) is 20.8 Å². The maximum absolute atomic E-state index is 5.75. The Bertz CT molecular complexity index is 130. The Morgan fingerprint density at radius 1 is 0.867 bits per heavy atom. The fourth-order valence-corrected chi connectivity index (χ4v) is 3.16. The van der Waals surface area contributed by atoms with E-state index < -0.39 is 8.80 Å². The number of unbranched alkanes of at least 4 members (excludes halogenated alkanes) is 4. The highest BCUT2D eigenvalue weighted by Gasteiger charge is 2.36. The van der Waals surface area contributed by atoms with Gasteiger partial charge in [0.15, 0.2) is 0 Å². The highest BCUT2D eigenvalue weighted by Crippen LogP contribution is 2.14. The fourth-order valence-electron chi connectivity index (χ4n) is 1.53. The molecule has 0 aliphatic heterocycles. The van der Waals surface area contributed by atoms with E-state index >= 15 is 0 Å². The lowest BCUT2D eigenvalue weighted by Crippen LogP contribution is -2.43. The average Bonchev–Trinajstić information content (AvgIpc) is 2.29. The molecule has 0 aliphatic carbocycles. The van der Waals surface area contributed by atoms with Gasteiger partial charge < -0.3 is 13.3 Å². The van der Waals surface area contributed by atoms with Gasteiger partial charge in [-0.15, -0.1) is 0 Å². The molecule has 0 saturated carbocycles. The van der Waals surface area contributed by atoms with Crippen molar-refractivity contribution in [3.05, 3.63) is 0 Å². The molecule has 0 fully saturated rings. The van der Waals surface area contributed by atoms with Gasteiger partial charge in [-0.25, -0.2) is 0 Å². The van der Waals surface area contributed by atoms with Crippen molar-refractivity contribution in [3.8, 4) is 0 Å². The molecule has 0 N–H and O–H groups in total. The van der Waals surface area contributed by atoms with E-state index in [0.29, 0.717) is 0 Å². The number of hydrogen-bond acceptors (Lipinski definition) is 3. The maximum Gasteiger partial charge on any atom is 0.500 e. The predicted molar refractivity (Wildman–Crippen MR) is 65.0 cm³/mol. The minimum absolute atomic E-state index is 0.769. The van der Waals surface area contributed by atoms with E-state index in [2.05, 4.69) is 13.8 Å². The molecule has 0 atom stereocenters. The summed E-state index contributed by atoms with van der Waals surface area (Å²) in [6.07, 6.45) is 6.27.